The molecule has 0 aliphatic heterocycles. The molecule has 1 aliphatic rings. The number of ether oxygens (including phenoxy) is 1. The summed E-state index contributed by atoms with van der Waals surface area (Å²) < 4.78 is 6.08. The van der Waals surface area contributed by atoms with Gasteiger partial charge in [0, 0.05) is 25.5 Å². The first-order valence-corrected chi connectivity index (χ1v) is 9.77. The minimum Gasteiger partial charge on any atom is -0.381 e. The van der Waals surface area contributed by atoms with Crippen LogP contribution in [0.4, 0.5) is 5.95 Å². The van der Waals surface area contributed by atoms with Crippen molar-refractivity contribution in [1.29, 1.82) is 0 Å². The first-order chi connectivity index (χ1) is 13.1. The van der Waals surface area contributed by atoms with Crippen LogP contribution in [0.1, 0.15) is 41.9 Å². The molecule has 0 saturated heterocycles. The van der Waals surface area contributed by atoms with Crippen molar-refractivity contribution in [3.8, 4) is 0 Å². The highest BCUT2D eigenvalue weighted by Crippen LogP contribution is 2.27. The molecule has 0 unspecified atom stereocenters. The number of hydrogen-bond donors (Lipinski definition) is 2. The zero-order chi connectivity index (χ0) is 18.8. The molecule has 7 nitrogen and oxygen atoms in total. The Hall–Kier alpha value is -2.58. The highest BCUT2D eigenvalue weighted by atomic mass is 32.1. The molecule has 3 heterocycles. The molecular weight excluding hydrogens is 362 g/mol. The first-order valence-electron chi connectivity index (χ1n) is 8.89. The summed E-state index contributed by atoms with van der Waals surface area (Å²) in [7, 11) is 1.70. The average Bonchev–Trinajstić information content (AvgIpc) is 3.12. The first kappa shape index (κ1) is 17.8. The van der Waals surface area contributed by atoms with E-state index >= 15 is 0 Å². The van der Waals surface area contributed by atoms with Gasteiger partial charge in [0.25, 0.3) is 5.91 Å². The highest BCUT2D eigenvalue weighted by Gasteiger charge is 2.31. The fourth-order valence-corrected chi connectivity index (χ4v) is 3.94. The van der Waals surface area contributed by atoms with Gasteiger partial charge in [0.15, 0.2) is 5.69 Å². The van der Waals surface area contributed by atoms with Crippen LogP contribution in [0, 0.1) is 0 Å². The molecule has 3 aromatic heterocycles. The van der Waals surface area contributed by atoms with Crippen LogP contribution in [0.15, 0.2) is 36.0 Å². The standard InChI is InChI=1S/C19H21N5O2S/c1-11(12-4-3-6-20-10-12)21-19-23-15-5-7-27-17(15)16(24-19)18(25)22-13-8-14(9-13)26-2/h3-7,10-11,13-14H,8-9H2,1-2H3,(H,22,25)(H,21,23,24)/t11-,13?,14?/m0/s1. The van der Waals surface area contributed by atoms with E-state index in [0.29, 0.717) is 11.6 Å². The van der Waals surface area contributed by atoms with E-state index in [9.17, 15) is 4.79 Å². The van der Waals surface area contributed by atoms with Crippen LogP contribution in [0.5, 0.6) is 0 Å². The zero-order valence-corrected chi connectivity index (χ0v) is 16.0. The van der Waals surface area contributed by atoms with E-state index in [1.54, 1.807) is 19.5 Å². The van der Waals surface area contributed by atoms with Gasteiger partial charge in [-0.05, 0) is 42.8 Å². The Kier molecular flexibility index (Phi) is 5.00. The van der Waals surface area contributed by atoms with Gasteiger partial charge in [-0.2, -0.15) is 0 Å². The second kappa shape index (κ2) is 7.58. The van der Waals surface area contributed by atoms with Gasteiger partial charge in [-0.1, -0.05) is 6.07 Å². The Labute approximate surface area is 161 Å². The number of thiophene rings is 1. The molecule has 27 heavy (non-hydrogen) atoms. The Balaban J connectivity index is 1.55. The van der Waals surface area contributed by atoms with Gasteiger partial charge < -0.3 is 15.4 Å². The van der Waals surface area contributed by atoms with Crippen LogP contribution in [-0.4, -0.2) is 40.1 Å². The third-order valence-electron chi connectivity index (χ3n) is 4.81. The van der Waals surface area contributed by atoms with Crippen LogP contribution < -0.4 is 10.6 Å². The summed E-state index contributed by atoms with van der Waals surface area (Å²) in [4.78, 5) is 26.0. The summed E-state index contributed by atoms with van der Waals surface area (Å²) in [5.74, 6) is 0.271. The van der Waals surface area contributed by atoms with Crippen LogP contribution in [0.25, 0.3) is 10.2 Å². The van der Waals surface area contributed by atoms with Gasteiger partial charge in [0.2, 0.25) is 5.95 Å². The number of aromatic nitrogens is 3. The van der Waals surface area contributed by atoms with Crippen molar-refractivity contribution in [2.24, 2.45) is 0 Å². The summed E-state index contributed by atoms with van der Waals surface area (Å²) in [6.45, 7) is 2.01. The minimum atomic E-state index is -0.165. The summed E-state index contributed by atoms with van der Waals surface area (Å²) in [5.41, 5.74) is 2.21. The summed E-state index contributed by atoms with van der Waals surface area (Å²) in [5, 5.41) is 8.25. The normalized spacial score (nSPS) is 20.1. The second-order valence-electron chi connectivity index (χ2n) is 6.68. The topological polar surface area (TPSA) is 89.0 Å². The van der Waals surface area contributed by atoms with Crippen molar-refractivity contribution >= 4 is 33.4 Å². The molecule has 8 heteroatoms. The largest absolute Gasteiger partial charge is 0.381 e. The number of methoxy groups -OCH3 is 1. The van der Waals surface area contributed by atoms with E-state index in [-0.39, 0.29) is 24.1 Å². The second-order valence-corrected chi connectivity index (χ2v) is 7.60. The number of nitrogens with one attached hydrogen (secondary N) is 2. The molecule has 0 aromatic carbocycles. The predicted molar refractivity (Wildman–Crippen MR) is 105 cm³/mol. The fourth-order valence-electron chi connectivity index (χ4n) is 3.12. The van der Waals surface area contributed by atoms with E-state index in [0.717, 1.165) is 28.6 Å². The number of rotatable bonds is 6. The van der Waals surface area contributed by atoms with E-state index < -0.39 is 0 Å². The maximum absolute atomic E-state index is 12.8. The highest BCUT2D eigenvalue weighted by molar-refractivity contribution is 7.17. The molecule has 1 fully saturated rings. The van der Waals surface area contributed by atoms with Crippen LogP contribution in [0.3, 0.4) is 0 Å². The number of pyridine rings is 1. The molecule has 1 amide bonds. The van der Waals surface area contributed by atoms with Crippen LogP contribution in [0.2, 0.25) is 0 Å². The lowest BCUT2D eigenvalue weighted by Crippen LogP contribution is -2.47. The molecule has 0 bridgehead atoms. The van der Waals surface area contributed by atoms with Gasteiger partial charge in [0.1, 0.15) is 0 Å². The van der Waals surface area contributed by atoms with E-state index in [1.807, 2.05) is 30.5 Å². The molecule has 1 aliphatic carbocycles. The third-order valence-corrected chi connectivity index (χ3v) is 5.72. The van der Waals surface area contributed by atoms with E-state index in [1.165, 1.54) is 11.3 Å². The van der Waals surface area contributed by atoms with Crippen molar-refractivity contribution in [1.82, 2.24) is 20.3 Å². The molecule has 4 rings (SSSR count). The molecule has 3 aromatic rings. The van der Waals surface area contributed by atoms with Gasteiger partial charge in [-0.15, -0.1) is 11.3 Å². The Morgan fingerprint density at radius 3 is 2.93 bits per heavy atom. The lowest BCUT2D eigenvalue weighted by atomic mass is 9.89. The molecule has 0 spiro atoms. The van der Waals surface area contributed by atoms with Crippen molar-refractivity contribution in [3.63, 3.8) is 0 Å². The smallest absolute Gasteiger partial charge is 0.271 e. The SMILES string of the molecule is COC1CC(NC(=O)c2nc(N[C@@H](C)c3cccnc3)nc3ccsc23)C1. The molecular formula is C19H21N5O2S. The minimum absolute atomic E-state index is 0.0280. The number of amides is 1. The molecule has 1 atom stereocenters. The van der Waals surface area contributed by atoms with Crippen LogP contribution >= 0.6 is 11.3 Å². The van der Waals surface area contributed by atoms with Gasteiger partial charge >= 0.3 is 0 Å². The zero-order valence-electron chi connectivity index (χ0n) is 15.2. The lowest BCUT2D eigenvalue weighted by molar-refractivity contribution is 0.0175. The third kappa shape index (κ3) is 3.77. The quantitative estimate of drug-likeness (QED) is 0.680. The van der Waals surface area contributed by atoms with Crippen molar-refractivity contribution in [2.75, 3.05) is 12.4 Å². The van der Waals surface area contributed by atoms with Crippen LogP contribution in [-0.2, 0) is 4.74 Å². The van der Waals surface area contributed by atoms with Crippen molar-refractivity contribution < 1.29 is 9.53 Å². The number of hydrogen-bond acceptors (Lipinski definition) is 7. The molecule has 1 saturated carbocycles. The monoisotopic (exact) mass is 383 g/mol. The summed E-state index contributed by atoms with van der Waals surface area (Å²) in [6, 6.07) is 5.90. The molecule has 2 N–H and O–H groups in total. The maximum Gasteiger partial charge on any atom is 0.271 e. The van der Waals surface area contributed by atoms with Crippen molar-refractivity contribution in [3.05, 3.63) is 47.2 Å². The van der Waals surface area contributed by atoms with E-state index in [2.05, 4.69) is 25.6 Å². The predicted octanol–water partition coefficient (Wildman–Crippen LogP) is 3.17. The van der Waals surface area contributed by atoms with Crippen molar-refractivity contribution in [2.45, 2.75) is 38.0 Å². The van der Waals surface area contributed by atoms with Gasteiger partial charge in [0.05, 0.1) is 22.4 Å². The average molecular weight is 383 g/mol. The molecule has 0 radical (unpaired) electrons. The summed E-state index contributed by atoms with van der Waals surface area (Å²) in [6.07, 6.45) is 5.45. The number of fused-ring (bicyclic) bond motifs is 1. The van der Waals surface area contributed by atoms with Gasteiger partial charge in [-0.3, -0.25) is 9.78 Å². The van der Waals surface area contributed by atoms with Gasteiger partial charge in [-0.25, -0.2) is 9.97 Å². The maximum atomic E-state index is 12.8. The lowest BCUT2D eigenvalue weighted by Gasteiger charge is -2.34. The Morgan fingerprint density at radius 1 is 1.33 bits per heavy atom. The number of carbonyl (C=O) groups is 1. The Bertz CT molecular complexity index is 940. The number of nitrogens with zero attached hydrogens (tertiary/aromatic N) is 3. The van der Waals surface area contributed by atoms with E-state index in [4.69, 9.17) is 4.74 Å². The number of carbonyl (C=O) groups excluding carboxylic acids is 1. The number of anilines is 1. The Morgan fingerprint density at radius 2 is 2.19 bits per heavy atom. The summed E-state index contributed by atoms with van der Waals surface area (Å²) >= 11 is 1.48. The fraction of sp³-hybridized carbons (Fsp3) is 0.368. The molecule has 140 valence electrons.